The van der Waals surface area contributed by atoms with Gasteiger partial charge < -0.3 is 28.1 Å². The van der Waals surface area contributed by atoms with Crippen molar-refractivity contribution in [2.75, 3.05) is 6.61 Å². The zero-order valence-corrected chi connectivity index (χ0v) is 36.6. The topological polar surface area (TPSA) is 36.2 Å². The van der Waals surface area contributed by atoms with E-state index in [0.29, 0.717) is 17.8 Å². The molecule has 0 N–H and O–H groups in total. The second-order valence-electron chi connectivity index (χ2n) is 16.1. The molecule has 258 valence electrons. The summed E-state index contributed by atoms with van der Waals surface area (Å²) in [5.41, 5.74) is 11.1. The van der Waals surface area contributed by atoms with E-state index >= 15 is 0 Å². The molecule has 3 nitrogen and oxygen atoms in total. The Morgan fingerprint density at radius 3 is 1.57 bits per heavy atom. The fourth-order valence-corrected chi connectivity index (χ4v) is 4.76. The van der Waals surface area contributed by atoms with E-state index in [-0.39, 0.29) is 25.8 Å². The van der Waals surface area contributed by atoms with E-state index in [1.807, 2.05) is 12.7 Å². The first-order valence-electron chi connectivity index (χ1n) is 17.2. The Balaban J connectivity index is 0.00000109. The van der Waals surface area contributed by atoms with Crippen molar-refractivity contribution >= 4 is 27.7 Å². The summed E-state index contributed by atoms with van der Waals surface area (Å²) in [5.74, 6) is 2.13. The number of nitrogens with zero attached hydrogens (tertiary/aromatic N) is 2. The molecule has 0 atom stereocenters. The van der Waals surface area contributed by atoms with Crippen LogP contribution in [0.4, 0.5) is 11.5 Å². The van der Waals surface area contributed by atoms with Crippen molar-refractivity contribution in [1.29, 1.82) is 0 Å². The minimum atomic E-state index is -0.861. The molecule has 0 amide bonds. The Kier molecular flexibility index (Phi) is 20.4. The molecule has 6 heteroatoms. The molecule has 3 aromatic rings. The number of hydrogen-bond donors (Lipinski definition) is 0. The van der Waals surface area contributed by atoms with Crippen LogP contribution < -0.4 is 0 Å². The van der Waals surface area contributed by atoms with Crippen molar-refractivity contribution < 1.29 is 30.6 Å². The monoisotopic (exact) mass is 703 g/mol. The molecular weight excluding hydrogens is 638 g/mol. The summed E-state index contributed by atoms with van der Waals surface area (Å²) < 4.78 is 4.82. The number of benzene rings is 2. The van der Waals surface area contributed by atoms with Gasteiger partial charge in [0, 0.05) is 6.61 Å². The zero-order valence-electron chi connectivity index (χ0n) is 32.8. The third-order valence-corrected chi connectivity index (χ3v) is 6.69. The maximum absolute atomic E-state index is 5.04. The molecule has 1 aliphatic heterocycles. The molecule has 0 aliphatic carbocycles. The first-order valence-corrected chi connectivity index (χ1v) is 24.6. The second-order valence-corrected chi connectivity index (χ2v) is 26.3. The van der Waals surface area contributed by atoms with Crippen LogP contribution in [-0.4, -0.2) is 27.7 Å². The van der Waals surface area contributed by atoms with E-state index in [9.17, 15) is 0 Å². The minimum Gasteiger partial charge on any atom is -0.552 e. The molecule has 1 saturated heterocycles. The van der Waals surface area contributed by atoms with Gasteiger partial charge in [-0.1, -0.05) is 141 Å². The summed E-state index contributed by atoms with van der Waals surface area (Å²) >= 11 is 0. The molecule has 1 aliphatic rings. The smallest absolute Gasteiger partial charge is 0.552 e. The molecule has 0 radical (unpaired) electrons. The van der Waals surface area contributed by atoms with E-state index in [4.69, 9.17) is 15.0 Å². The maximum Gasteiger partial charge on any atom is 3.00 e. The van der Waals surface area contributed by atoms with Gasteiger partial charge in [0.05, 0.1) is 0 Å². The maximum atomic E-state index is 5.04. The molecule has 0 bridgehead atoms. The van der Waals surface area contributed by atoms with Crippen LogP contribution in [0, 0.1) is 40.5 Å². The summed E-state index contributed by atoms with van der Waals surface area (Å²) in [4.78, 5) is 5.04. The van der Waals surface area contributed by atoms with Crippen LogP contribution in [0.25, 0.3) is 16.6 Å². The zero-order chi connectivity index (χ0) is 35.4. The largest absolute Gasteiger partial charge is 3.00 e. The third-order valence-electron chi connectivity index (χ3n) is 6.69. The first kappa shape index (κ1) is 45.7. The fraction of sp³-hybridized carbons (Fsp3) is 0.512. The Morgan fingerprint density at radius 2 is 1.23 bits per heavy atom. The molecule has 2 aromatic carbocycles. The molecular formula is C41H66N2OScSi2-. The van der Waals surface area contributed by atoms with Crippen LogP contribution >= 0.6 is 0 Å². The van der Waals surface area contributed by atoms with Crippen LogP contribution in [0.5, 0.6) is 0 Å². The van der Waals surface area contributed by atoms with Crippen molar-refractivity contribution in [3.05, 3.63) is 101 Å². The predicted octanol–water partition coefficient (Wildman–Crippen LogP) is 13.7. The average molecular weight is 704 g/mol. The predicted molar refractivity (Wildman–Crippen MR) is 212 cm³/mol. The van der Waals surface area contributed by atoms with Crippen LogP contribution in [0.3, 0.4) is 0 Å². The van der Waals surface area contributed by atoms with Crippen molar-refractivity contribution in [2.45, 2.75) is 132 Å². The molecule has 2 heterocycles. The molecule has 0 spiro atoms. The van der Waals surface area contributed by atoms with Gasteiger partial charge in [-0.3, -0.25) is 0 Å². The van der Waals surface area contributed by atoms with Crippen LogP contribution in [0.1, 0.15) is 106 Å². The third kappa shape index (κ3) is 18.8. The normalized spacial score (nSPS) is 12.8. The quantitative estimate of drug-likeness (QED) is 0.189. The number of ether oxygens (including phenoxy) is 1. The van der Waals surface area contributed by atoms with Crippen LogP contribution in [-0.2, 0) is 30.6 Å². The van der Waals surface area contributed by atoms with E-state index in [1.165, 1.54) is 45.4 Å². The summed E-state index contributed by atoms with van der Waals surface area (Å²) in [6, 6.07) is 15.4. The van der Waals surface area contributed by atoms with Crippen molar-refractivity contribution in [2.24, 2.45) is 0 Å². The summed E-state index contributed by atoms with van der Waals surface area (Å²) in [6.07, 6.45) is 2.38. The molecule has 1 fully saturated rings. The van der Waals surface area contributed by atoms with Gasteiger partial charge in [0.1, 0.15) is 0 Å². The first-order chi connectivity index (χ1) is 21.1. The van der Waals surface area contributed by atoms with Crippen molar-refractivity contribution in [3.8, 4) is 11.3 Å². The number of aromatic nitrogens is 1. The number of hydrogen-bond acceptors (Lipinski definition) is 2. The molecule has 0 unspecified atom stereocenters. The second kappa shape index (κ2) is 21.0. The molecule has 0 saturated carbocycles. The van der Waals surface area contributed by atoms with Crippen molar-refractivity contribution in [3.63, 3.8) is 0 Å². The number of rotatable bonds is 6. The van der Waals surface area contributed by atoms with E-state index in [2.05, 4.69) is 151 Å². The Bertz CT molecular complexity index is 1270. The Morgan fingerprint density at radius 1 is 0.766 bits per heavy atom. The van der Waals surface area contributed by atoms with E-state index < -0.39 is 16.1 Å². The van der Waals surface area contributed by atoms with Gasteiger partial charge in [-0.25, -0.2) is 6.61 Å². The standard InChI is InChI=1S/C29H37N2.C4H7O.2C4H11Si.Sc/c1-17(2)23-15-24(18(3)4)28(25(16-23)19(5)6)26-11-10-12-27(30-26)31-29-21(8)13-20(7)14-22(29)9;1-2-4-5-3-1;2*1-5(2,3)4;/h10-19H,1-9H3;3H,1-2,4H2;2*1H2,2-4H3;/q4*-1;+3. The molecule has 4 rings (SSSR count). The average Bonchev–Trinajstić information content (AvgIpc) is 3.48. The van der Waals surface area contributed by atoms with Gasteiger partial charge >= 0.3 is 25.8 Å². The van der Waals surface area contributed by atoms with Gasteiger partial charge in [0.2, 0.25) is 0 Å². The molecule has 1 aromatic heterocycles. The Hall–Kier alpha value is -1.35. The SMILES string of the molecule is Cc1cc(C)c([N-]c2cccc(-c3c(C(C)C)cc(C(C)C)cc3C(C)C)n2)c(C)c1.[CH-]1CCCO1.[CH2-][Si](C)(C)C.[CH2-][Si](C)(C)C.[Sc+3]. The van der Waals surface area contributed by atoms with E-state index in [0.717, 1.165) is 30.2 Å². The van der Waals surface area contributed by atoms with Gasteiger partial charge in [-0.05, 0) is 83.3 Å². The van der Waals surface area contributed by atoms with Gasteiger partial charge in [-0.15, -0.1) is 16.1 Å². The fourth-order valence-electron chi connectivity index (χ4n) is 4.76. The number of aryl methyl sites for hydroxylation is 3. The number of pyridine rings is 1. The minimum absolute atomic E-state index is 0. The summed E-state index contributed by atoms with van der Waals surface area (Å²) in [6.45, 7) is 44.0. The van der Waals surface area contributed by atoms with E-state index in [1.54, 1.807) is 0 Å². The summed E-state index contributed by atoms with van der Waals surface area (Å²) in [7, 11) is -1.72. The molecule has 47 heavy (non-hydrogen) atoms. The van der Waals surface area contributed by atoms with Crippen LogP contribution in [0.2, 0.25) is 39.3 Å². The van der Waals surface area contributed by atoms with Crippen LogP contribution in [0.15, 0.2) is 42.5 Å². The van der Waals surface area contributed by atoms with Gasteiger partial charge in [-0.2, -0.15) is 6.42 Å². The summed E-state index contributed by atoms with van der Waals surface area (Å²) in [5, 5.41) is 4.95. The van der Waals surface area contributed by atoms with Crippen molar-refractivity contribution in [1.82, 2.24) is 4.98 Å². The van der Waals surface area contributed by atoms with Gasteiger partial charge in [0.25, 0.3) is 0 Å². The Labute approximate surface area is 312 Å². The van der Waals surface area contributed by atoms with Gasteiger partial charge in [0.15, 0.2) is 0 Å².